The SMILES string of the molecule is CC(c1ccc(-n2cncn2)cc1)N(C)C(=O)C1CCN(S(=O)(=O)c2ccc(Cl)cc2)CC1. The molecule has 1 aromatic heterocycles. The van der Waals surface area contributed by atoms with Crippen molar-refractivity contribution in [1.82, 2.24) is 24.0 Å². The van der Waals surface area contributed by atoms with E-state index in [1.807, 2.05) is 31.2 Å². The van der Waals surface area contributed by atoms with Crippen LogP contribution in [-0.4, -0.2) is 58.4 Å². The van der Waals surface area contributed by atoms with E-state index in [9.17, 15) is 13.2 Å². The number of amides is 1. The van der Waals surface area contributed by atoms with Gasteiger partial charge >= 0.3 is 0 Å². The molecule has 3 aromatic rings. The van der Waals surface area contributed by atoms with E-state index >= 15 is 0 Å². The Bertz CT molecular complexity index is 1190. The molecule has 174 valence electrons. The van der Waals surface area contributed by atoms with Crippen LogP contribution in [0, 0.1) is 5.92 Å². The number of carbonyl (C=O) groups is 1. The average molecular weight is 488 g/mol. The number of halogens is 1. The number of rotatable bonds is 6. The lowest BCUT2D eigenvalue weighted by Gasteiger charge is -2.34. The second kappa shape index (κ2) is 9.62. The van der Waals surface area contributed by atoms with Crippen molar-refractivity contribution in [2.24, 2.45) is 5.92 Å². The third-order valence-corrected chi connectivity index (χ3v) is 8.41. The van der Waals surface area contributed by atoms with Gasteiger partial charge in [0.05, 0.1) is 16.6 Å². The van der Waals surface area contributed by atoms with E-state index in [1.54, 1.807) is 35.1 Å². The molecule has 0 bridgehead atoms. The number of sulfonamides is 1. The minimum Gasteiger partial charge on any atom is -0.339 e. The molecule has 1 aliphatic rings. The second-order valence-corrected chi connectivity index (χ2v) is 10.6. The summed E-state index contributed by atoms with van der Waals surface area (Å²) in [7, 11) is -1.79. The third-order valence-electron chi connectivity index (χ3n) is 6.24. The maximum atomic E-state index is 13.2. The summed E-state index contributed by atoms with van der Waals surface area (Å²) in [5, 5.41) is 4.61. The van der Waals surface area contributed by atoms with Gasteiger partial charge in [-0.2, -0.15) is 9.40 Å². The zero-order valence-corrected chi connectivity index (χ0v) is 20.1. The number of nitrogens with zero attached hydrogens (tertiary/aromatic N) is 5. The monoisotopic (exact) mass is 487 g/mol. The molecule has 0 spiro atoms. The molecule has 2 heterocycles. The smallest absolute Gasteiger partial charge is 0.243 e. The zero-order valence-electron chi connectivity index (χ0n) is 18.5. The van der Waals surface area contributed by atoms with Gasteiger partial charge < -0.3 is 4.90 Å². The molecule has 1 aliphatic heterocycles. The molecule has 0 aliphatic carbocycles. The highest BCUT2D eigenvalue weighted by Crippen LogP contribution is 2.28. The van der Waals surface area contributed by atoms with Gasteiger partial charge in [0.2, 0.25) is 15.9 Å². The van der Waals surface area contributed by atoms with Crippen LogP contribution in [0.15, 0.2) is 66.1 Å². The van der Waals surface area contributed by atoms with E-state index in [0.29, 0.717) is 31.0 Å². The van der Waals surface area contributed by atoms with Crippen molar-refractivity contribution >= 4 is 27.5 Å². The fraction of sp³-hybridized carbons (Fsp3) is 0.348. The van der Waals surface area contributed by atoms with Crippen LogP contribution in [-0.2, 0) is 14.8 Å². The summed E-state index contributed by atoms with van der Waals surface area (Å²) in [6.07, 6.45) is 4.10. The van der Waals surface area contributed by atoms with Crippen LogP contribution in [0.5, 0.6) is 0 Å². The highest BCUT2D eigenvalue weighted by molar-refractivity contribution is 7.89. The zero-order chi connectivity index (χ0) is 23.6. The Labute approximate surface area is 198 Å². The summed E-state index contributed by atoms with van der Waals surface area (Å²) in [6.45, 7) is 2.62. The minimum absolute atomic E-state index is 0.0337. The first-order valence-corrected chi connectivity index (χ1v) is 12.6. The summed E-state index contributed by atoms with van der Waals surface area (Å²) in [4.78, 5) is 19.1. The Kier molecular flexibility index (Phi) is 6.83. The molecule has 1 saturated heterocycles. The number of piperidine rings is 1. The topological polar surface area (TPSA) is 88.4 Å². The molecule has 2 aromatic carbocycles. The maximum absolute atomic E-state index is 13.2. The number of carbonyl (C=O) groups excluding carboxylic acids is 1. The standard InChI is InChI=1S/C23H26ClN5O3S/c1-17(18-3-7-21(8-4-18)29-16-25-15-26-29)27(2)23(30)19-11-13-28(14-12-19)33(31,32)22-9-5-20(24)6-10-22/h3-10,15-17,19H,11-14H2,1-2H3. The number of benzene rings is 2. The van der Waals surface area contributed by atoms with Gasteiger partial charge in [0.1, 0.15) is 12.7 Å². The quantitative estimate of drug-likeness (QED) is 0.530. The van der Waals surface area contributed by atoms with Crippen molar-refractivity contribution in [2.45, 2.75) is 30.7 Å². The maximum Gasteiger partial charge on any atom is 0.243 e. The van der Waals surface area contributed by atoms with E-state index in [4.69, 9.17) is 11.6 Å². The molecule has 1 fully saturated rings. The summed E-state index contributed by atoms with van der Waals surface area (Å²) in [5.74, 6) is -0.171. The number of aromatic nitrogens is 3. The van der Waals surface area contributed by atoms with Crippen molar-refractivity contribution in [3.8, 4) is 5.69 Å². The van der Waals surface area contributed by atoms with Gasteiger partial charge in [-0.1, -0.05) is 23.7 Å². The molecule has 8 nitrogen and oxygen atoms in total. The fourth-order valence-electron chi connectivity index (χ4n) is 4.05. The van der Waals surface area contributed by atoms with Crippen LogP contribution < -0.4 is 0 Å². The predicted octanol–water partition coefficient (Wildman–Crippen LogP) is 3.54. The van der Waals surface area contributed by atoms with Gasteiger partial charge in [0, 0.05) is 31.1 Å². The fourth-order valence-corrected chi connectivity index (χ4v) is 5.64. The van der Waals surface area contributed by atoms with Crippen LogP contribution in [0.25, 0.3) is 5.69 Å². The molecule has 10 heteroatoms. The summed E-state index contributed by atoms with van der Waals surface area (Å²) < 4.78 is 28.9. The lowest BCUT2D eigenvalue weighted by Crippen LogP contribution is -2.43. The molecule has 33 heavy (non-hydrogen) atoms. The molecule has 0 saturated carbocycles. The molecule has 0 radical (unpaired) electrons. The largest absolute Gasteiger partial charge is 0.339 e. The van der Waals surface area contributed by atoms with E-state index in [-0.39, 0.29) is 22.8 Å². The molecular formula is C23H26ClN5O3S. The van der Waals surface area contributed by atoms with Gasteiger partial charge in [-0.25, -0.2) is 18.1 Å². The molecular weight excluding hydrogens is 462 g/mol. The minimum atomic E-state index is -3.59. The Balaban J connectivity index is 1.37. The summed E-state index contributed by atoms with van der Waals surface area (Å²) in [5.41, 5.74) is 1.91. The lowest BCUT2D eigenvalue weighted by molar-refractivity contribution is -0.137. The third kappa shape index (κ3) is 4.95. The van der Waals surface area contributed by atoms with Crippen LogP contribution in [0.2, 0.25) is 5.02 Å². The second-order valence-electron chi connectivity index (χ2n) is 8.19. The average Bonchev–Trinajstić information content (AvgIpc) is 3.38. The number of hydrogen-bond donors (Lipinski definition) is 0. The van der Waals surface area contributed by atoms with Crippen LogP contribution >= 0.6 is 11.6 Å². The van der Waals surface area contributed by atoms with Crippen LogP contribution in [0.4, 0.5) is 0 Å². The molecule has 1 amide bonds. The van der Waals surface area contributed by atoms with E-state index in [0.717, 1.165) is 11.3 Å². The molecule has 1 atom stereocenters. The highest BCUT2D eigenvalue weighted by Gasteiger charge is 2.34. The Morgan fingerprint density at radius 2 is 1.73 bits per heavy atom. The van der Waals surface area contributed by atoms with Crippen LogP contribution in [0.1, 0.15) is 31.4 Å². The van der Waals surface area contributed by atoms with Gasteiger partial charge in [0.15, 0.2) is 0 Å². The van der Waals surface area contributed by atoms with E-state index < -0.39 is 10.0 Å². The van der Waals surface area contributed by atoms with Crippen molar-refractivity contribution in [3.05, 3.63) is 71.8 Å². The molecule has 4 rings (SSSR count). The first kappa shape index (κ1) is 23.4. The van der Waals surface area contributed by atoms with Crippen molar-refractivity contribution in [1.29, 1.82) is 0 Å². The Morgan fingerprint density at radius 1 is 1.09 bits per heavy atom. The van der Waals surface area contributed by atoms with E-state index in [1.165, 1.54) is 22.8 Å². The van der Waals surface area contributed by atoms with Crippen molar-refractivity contribution < 1.29 is 13.2 Å². The first-order valence-electron chi connectivity index (χ1n) is 10.7. The van der Waals surface area contributed by atoms with E-state index in [2.05, 4.69) is 10.1 Å². The lowest BCUT2D eigenvalue weighted by atomic mass is 9.95. The van der Waals surface area contributed by atoms with Gasteiger partial charge in [0.25, 0.3) is 0 Å². The highest BCUT2D eigenvalue weighted by atomic mass is 35.5. The van der Waals surface area contributed by atoms with Crippen molar-refractivity contribution in [2.75, 3.05) is 20.1 Å². The summed E-state index contributed by atoms with van der Waals surface area (Å²) in [6, 6.07) is 13.9. The van der Waals surface area contributed by atoms with Crippen LogP contribution in [0.3, 0.4) is 0 Å². The summed E-state index contributed by atoms with van der Waals surface area (Å²) >= 11 is 5.87. The molecule has 1 unspecified atom stereocenters. The van der Waals surface area contributed by atoms with Gasteiger partial charge in [-0.15, -0.1) is 0 Å². The first-order chi connectivity index (χ1) is 15.8. The van der Waals surface area contributed by atoms with Gasteiger partial charge in [-0.3, -0.25) is 4.79 Å². The Morgan fingerprint density at radius 3 is 2.30 bits per heavy atom. The Hall–Kier alpha value is -2.75. The van der Waals surface area contributed by atoms with Crippen molar-refractivity contribution in [3.63, 3.8) is 0 Å². The normalized spacial score (nSPS) is 16.5. The predicted molar refractivity (Wildman–Crippen MR) is 125 cm³/mol. The van der Waals surface area contributed by atoms with Gasteiger partial charge in [-0.05, 0) is 61.7 Å². The number of hydrogen-bond acceptors (Lipinski definition) is 5. The molecule has 0 N–H and O–H groups in total.